The molecule has 13 heteroatoms. The van der Waals surface area contributed by atoms with Crippen LogP contribution >= 0.6 is 0 Å². The number of fused-ring (bicyclic) bond motifs is 1. The number of benzene rings is 1. The van der Waals surface area contributed by atoms with Crippen LogP contribution in [0.5, 0.6) is 5.75 Å². The number of alkyl halides is 6. The Morgan fingerprint density at radius 3 is 2.34 bits per heavy atom. The van der Waals surface area contributed by atoms with Gasteiger partial charge < -0.3 is 21.3 Å². The van der Waals surface area contributed by atoms with Gasteiger partial charge in [-0.3, -0.25) is 4.79 Å². The van der Waals surface area contributed by atoms with E-state index in [4.69, 9.17) is 16.2 Å². The summed E-state index contributed by atoms with van der Waals surface area (Å²) in [6.45, 7) is -0.584. The van der Waals surface area contributed by atoms with Gasteiger partial charge in [0.15, 0.2) is 0 Å². The average molecular weight is 467 g/mol. The molecule has 0 aliphatic carbocycles. The van der Waals surface area contributed by atoms with Crippen molar-refractivity contribution in [3.63, 3.8) is 0 Å². The van der Waals surface area contributed by atoms with Crippen LogP contribution in [-0.4, -0.2) is 35.3 Å². The number of pyridine rings is 1. The Labute approximate surface area is 176 Å². The highest BCUT2D eigenvalue weighted by Gasteiger charge is 2.56. The quantitative estimate of drug-likeness (QED) is 0.599. The first-order valence-electron chi connectivity index (χ1n) is 8.91. The van der Waals surface area contributed by atoms with Crippen molar-refractivity contribution in [1.29, 1.82) is 0 Å². The monoisotopic (exact) mass is 467 g/mol. The van der Waals surface area contributed by atoms with Crippen molar-refractivity contribution in [3.8, 4) is 17.0 Å². The first-order chi connectivity index (χ1) is 14.6. The second-order valence-electron chi connectivity index (χ2n) is 7.47. The van der Waals surface area contributed by atoms with Gasteiger partial charge in [-0.2, -0.15) is 26.3 Å². The molecular weight excluding hydrogens is 451 g/mol. The van der Waals surface area contributed by atoms with E-state index in [1.807, 2.05) is 0 Å². The second kappa shape index (κ2) is 7.30. The molecule has 2 heterocycles. The molecule has 0 fully saturated rings. The molecule has 1 aromatic carbocycles. The number of nitrogens with zero attached hydrogens (tertiary/aromatic N) is 1. The zero-order valence-electron chi connectivity index (χ0n) is 16.2. The Balaban J connectivity index is 2.38. The van der Waals surface area contributed by atoms with E-state index in [-0.39, 0.29) is 11.3 Å². The fraction of sp³-hybridized carbons (Fsp3) is 0.368. The summed E-state index contributed by atoms with van der Waals surface area (Å²) in [4.78, 5) is 15.7. The smallest absolute Gasteiger partial charge is 0.424 e. The lowest BCUT2D eigenvalue weighted by molar-refractivity contribution is -0.263. The van der Waals surface area contributed by atoms with Crippen LogP contribution in [0.4, 0.5) is 30.7 Å². The lowest BCUT2D eigenvalue weighted by Crippen LogP contribution is -2.49. The summed E-state index contributed by atoms with van der Waals surface area (Å²) >= 11 is 0. The molecule has 1 aliphatic rings. The van der Waals surface area contributed by atoms with Crippen LogP contribution in [0.3, 0.4) is 0 Å². The third-order valence-electron chi connectivity index (χ3n) is 5.35. The first-order valence-corrected chi connectivity index (χ1v) is 8.91. The van der Waals surface area contributed by atoms with E-state index >= 15 is 0 Å². The van der Waals surface area contributed by atoms with Crippen LogP contribution in [0.25, 0.3) is 11.3 Å². The van der Waals surface area contributed by atoms with E-state index in [0.29, 0.717) is 12.1 Å². The molecule has 0 saturated heterocycles. The number of ether oxygens (including phenoxy) is 1. The van der Waals surface area contributed by atoms with Crippen molar-refractivity contribution in [1.82, 2.24) is 4.98 Å². The van der Waals surface area contributed by atoms with Crippen molar-refractivity contribution >= 4 is 5.91 Å². The topological polar surface area (TPSA) is 111 Å². The van der Waals surface area contributed by atoms with Gasteiger partial charge in [-0.1, -0.05) is 0 Å². The molecule has 0 radical (unpaired) electrons. The van der Waals surface area contributed by atoms with Gasteiger partial charge in [-0.05, 0) is 31.2 Å². The predicted molar refractivity (Wildman–Crippen MR) is 95.7 cm³/mol. The highest BCUT2D eigenvalue weighted by molar-refractivity contribution is 5.90. The molecule has 2 atom stereocenters. The van der Waals surface area contributed by atoms with Crippen molar-refractivity contribution in [2.45, 2.75) is 30.3 Å². The predicted octanol–water partition coefficient (Wildman–Crippen LogP) is 2.75. The summed E-state index contributed by atoms with van der Waals surface area (Å²) in [5, 5.41) is 10.3. The van der Waals surface area contributed by atoms with E-state index in [9.17, 15) is 40.6 Å². The number of carbonyl (C=O) groups excluding carboxylic acids is 1. The number of aromatic nitrogens is 1. The van der Waals surface area contributed by atoms with Crippen molar-refractivity contribution in [2.24, 2.45) is 11.5 Å². The fourth-order valence-corrected chi connectivity index (χ4v) is 3.25. The number of hydrogen-bond acceptors (Lipinski definition) is 5. The zero-order valence-corrected chi connectivity index (χ0v) is 16.2. The normalized spacial score (nSPS) is 20.4. The lowest BCUT2D eigenvalue weighted by atomic mass is 9.81. The summed E-state index contributed by atoms with van der Waals surface area (Å²) < 4.78 is 99.4. The first kappa shape index (κ1) is 23.7. The van der Waals surface area contributed by atoms with Crippen molar-refractivity contribution in [2.75, 3.05) is 13.2 Å². The van der Waals surface area contributed by atoms with E-state index in [1.165, 1.54) is 6.92 Å². The van der Waals surface area contributed by atoms with Gasteiger partial charge >= 0.3 is 12.4 Å². The number of rotatable bonds is 4. The van der Waals surface area contributed by atoms with Gasteiger partial charge in [0.25, 0.3) is 0 Å². The molecule has 0 saturated carbocycles. The highest BCUT2D eigenvalue weighted by Crippen LogP contribution is 2.48. The molecule has 174 valence electrons. The molecule has 1 amide bonds. The molecule has 6 nitrogen and oxygen atoms in total. The van der Waals surface area contributed by atoms with Crippen LogP contribution in [0.1, 0.15) is 23.7 Å². The van der Waals surface area contributed by atoms with E-state index in [1.54, 1.807) is 0 Å². The number of carbonyl (C=O) groups is 1. The summed E-state index contributed by atoms with van der Waals surface area (Å²) in [6, 6.07) is 2.36. The number of halogens is 7. The summed E-state index contributed by atoms with van der Waals surface area (Å²) in [5.41, 5.74) is 1.07. The maximum absolute atomic E-state index is 13.7. The molecule has 0 spiro atoms. The summed E-state index contributed by atoms with van der Waals surface area (Å²) in [5.74, 6) is -2.94. The molecule has 5 N–H and O–H groups in total. The van der Waals surface area contributed by atoms with Crippen LogP contribution in [-0.2, 0) is 22.0 Å². The molecule has 1 unspecified atom stereocenters. The molecule has 32 heavy (non-hydrogen) atoms. The molecular formula is C19H16F7N3O3. The van der Waals surface area contributed by atoms with Crippen molar-refractivity contribution < 1.29 is 45.4 Å². The molecule has 2 aromatic rings. The fourth-order valence-electron chi connectivity index (χ4n) is 3.25. The number of hydrogen-bond donors (Lipinski definition) is 3. The van der Waals surface area contributed by atoms with E-state index < -0.39 is 70.8 Å². The van der Waals surface area contributed by atoms with E-state index in [2.05, 4.69) is 4.98 Å². The average Bonchev–Trinajstić information content (AvgIpc) is 3.03. The van der Waals surface area contributed by atoms with Crippen LogP contribution < -0.4 is 16.2 Å². The van der Waals surface area contributed by atoms with Gasteiger partial charge in [0.2, 0.25) is 11.5 Å². The zero-order chi connectivity index (χ0) is 24.3. The third kappa shape index (κ3) is 3.54. The van der Waals surface area contributed by atoms with E-state index in [0.717, 1.165) is 12.1 Å². The lowest BCUT2D eigenvalue weighted by Gasteiger charge is -2.30. The summed E-state index contributed by atoms with van der Waals surface area (Å²) in [7, 11) is 0. The Kier molecular flexibility index (Phi) is 5.42. The van der Waals surface area contributed by atoms with Crippen molar-refractivity contribution in [3.05, 3.63) is 46.9 Å². The standard InChI is InChI=1S/C19H16F7N3O3/c1-16(15(28)30)7-32-14-10(16)5-12(17(31,6-27)19(24,25)26)29-13(14)8-2-3-11(20)9(4-8)18(21,22)23/h2-5,31H,6-7,27H2,1H3,(H2,28,30)/t16-,17?/m0/s1. The Morgan fingerprint density at radius 2 is 1.84 bits per heavy atom. The van der Waals surface area contributed by atoms with Gasteiger partial charge in [-0.25, -0.2) is 9.37 Å². The Bertz CT molecular complexity index is 1090. The third-order valence-corrected chi connectivity index (χ3v) is 5.35. The van der Waals surface area contributed by atoms with Gasteiger partial charge in [0.1, 0.15) is 29.3 Å². The number of primary amides is 1. The Hall–Kier alpha value is -2.93. The molecule has 1 aromatic heterocycles. The molecule has 1 aliphatic heterocycles. The van der Waals surface area contributed by atoms with Crippen LogP contribution in [0.15, 0.2) is 24.3 Å². The molecule has 3 rings (SSSR count). The largest absolute Gasteiger partial charge is 0.489 e. The SMILES string of the molecule is C[C@]1(C(N)=O)COc2c1cc(C(O)(CN)C(F)(F)F)nc2-c1ccc(F)c(C(F)(F)F)c1. The maximum Gasteiger partial charge on any atom is 0.424 e. The Morgan fingerprint density at radius 1 is 1.22 bits per heavy atom. The minimum Gasteiger partial charge on any atom is -0.489 e. The number of nitrogens with two attached hydrogens (primary N) is 2. The van der Waals surface area contributed by atoms with Crippen LogP contribution in [0, 0.1) is 5.82 Å². The number of amides is 1. The second-order valence-corrected chi connectivity index (χ2v) is 7.47. The van der Waals surface area contributed by atoms with Gasteiger partial charge in [-0.15, -0.1) is 0 Å². The maximum atomic E-state index is 13.7. The summed E-state index contributed by atoms with van der Waals surface area (Å²) in [6.07, 6.45) is -10.4. The van der Waals surface area contributed by atoms with Crippen LogP contribution in [0.2, 0.25) is 0 Å². The molecule has 0 bridgehead atoms. The highest BCUT2D eigenvalue weighted by atomic mass is 19.4. The minimum atomic E-state index is -5.33. The number of aliphatic hydroxyl groups is 1. The van der Waals surface area contributed by atoms with Gasteiger partial charge in [0.05, 0.1) is 11.3 Å². The minimum absolute atomic E-state index is 0.237. The van der Waals surface area contributed by atoms with Gasteiger partial charge in [0, 0.05) is 17.7 Å².